The average Bonchev–Trinajstić information content (AvgIpc) is 2.74. The van der Waals surface area contributed by atoms with Crippen molar-refractivity contribution in [2.24, 2.45) is 0 Å². The Morgan fingerprint density at radius 1 is 1.00 bits per heavy atom. The van der Waals surface area contributed by atoms with Gasteiger partial charge in [0.25, 0.3) is 0 Å². The van der Waals surface area contributed by atoms with Crippen LogP contribution in [0.5, 0.6) is 0 Å². The normalized spacial score (nSPS) is 14.4. The molecule has 0 unspecified atom stereocenters. The third-order valence-electron chi connectivity index (χ3n) is 5.01. The van der Waals surface area contributed by atoms with Crippen LogP contribution in [-0.2, 0) is 4.79 Å². The Morgan fingerprint density at radius 2 is 1.61 bits per heavy atom. The first-order chi connectivity index (χ1) is 13.7. The molecule has 1 heterocycles. The van der Waals surface area contributed by atoms with Gasteiger partial charge in [-0.05, 0) is 44.0 Å². The van der Waals surface area contributed by atoms with E-state index in [4.69, 9.17) is 0 Å². The average molecular weight is 380 g/mol. The molecule has 1 saturated heterocycles. The van der Waals surface area contributed by atoms with E-state index < -0.39 is 0 Å². The monoisotopic (exact) mass is 380 g/mol. The third kappa shape index (κ3) is 5.49. The number of hydrogen-bond donors (Lipinski definition) is 2. The number of para-hydroxylation sites is 2. The first-order valence-corrected chi connectivity index (χ1v) is 9.86. The highest BCUT2D eigenvalue weighted by molar-refractivity contribution is 5.89. The van der Waals surface area contributed by atoms with Crippen LogP contribution in [0, 0.1) is 0 Å². The lowest BCUT2D eigenvalue weighted by molar-refractivity contribution is -0.120. The second-order valence-corrected chi connectivity index (χ2v) is 6.97. The van der Waals surface area contributed by atoms with E-state index >= 15 is 0 Å². The number of hydrogen-bond acceptors (Lipinski definition) is 3. The lowest BCUT2D eigenvalue weighted by atomic mass is 10.1. The summed E-state index contributed by atoms with van der Waals surface area (Å²) in [5.74, 6) is 0.0258. The van der Waals surface area contributed by atoms with E-state index in [2.05, 4.69) is 15.5 Å². The number of nitrogens with zero attached hydrogens (tertiary/aromatic N) is 2. The summed E-state index contributed by atoms with van der Waals surface area (Å²) < 4.78 is 0. The number of carbonyl (C=O) groups excluding carboxylic acids is 2. The molecule has 2 N–H and O–H groups in total. The molecule has 2 aromatic rings. The third-order valence-corrected chi connectivity index (χ3v) is 5.01. The fourth-order valence-corrected chi connectivity index (χ4v) is 3.42. The number of carbonyl (C=O) groups is 2. The Labute approximate surface area is 166 Å². The van der Waals surface area contributed by atoms with E-state index in [0.29, 0.717) is 19.6 Å². The molecule has 0 radical (unpaired) electrons. The van der Waals surface area contributed by atoms with Crippen LogP contribution in [0.3, 0.4) is 0 Å². The van der Waals surface area contributed by atoms with Gasteiger partial charge in [0.15, 0.2) is 0 Å². The molecule has 148 valence electrons. The van der Waals surface area contributed by atoms with Gasteiger partial charge in [-0.2, -0.15) is 0 Å². The van der Waals surface area contributed by atoms with Crippen molar-refractivity contribution >= 4 is 23.3 Å². The zero-order valence-electron chi connectivity index (χ0n) is 16.3. The van der Waals surface area contributed by atoms with Crippen LogP contribution in [0.1, 0.15) is 19.8 Å². The number of amides is 3. The molecule has 0 saturated carbocycles. The predicted octanol–water partition coefficient (Wildman–Crippen LogP) is 3.33. The van der Waals surface area contributed by atoms with E-state index in [9.17, 15) is 9.59 Å². The highest BCUT2D eigenvalue weighted by Gasteiger charge is 2.24. The summed E-state index contributed by atoms with van der Waals surface area (Å²) >= 11 is 0. The smallest absolute Gasteiger partial charge is 0.321 e. The van der Waals surface area contributed by atoms with Crippen molar-refractivity contribution in [2.45, 2.75) is 25.8 Å². The Bertz CT molecular complexity index is 759. The van der Waals surface area contributed by atoms with Crippen molar-refractivity contribution in [3.8, 4) is 0 Å². The summed E-state index contributed by atoms with van der Waals surface area (Å²) in [6.45, 7) is 4.44. The summed E-state index contributed by atoms with van der Waals surface area (Å²) in [5.41, 5.74) is 1.84. The number of benzene rings is 2. The molecule has 2 aromatic carbocycles. The number of nitrogens with one attached hydrogen (secondary N) is 2. The van der Waals surface area contributed by atoms with Crippen LogP contribution in [-0.4, -0.2) is 49.1 Å². The van der Waals surface area contributed by atoms with Gasteiger partial charge in [0.05, 0.1) is 6.54 Å². The van der Waals surface area contributed by atoms with Crippen LogP contribution in [0.2, 0.25) is 0 Å². The molecule has 3 amide bonds. The summed E-state index contributed by atoms with van der Waals surface area (Å²) in [5, 5.41) is 6.04. The Kier molecular flexibility index (Phi) is 6.89. The number of rotatable bonds is 6. The zero-order chi connectivity index (χ0) is 19.8. The molecule has 0 atom stereocenters. The molecule has 6 heteroatoms. The molecule has 0 aromatic heterocycles. The zero-order valence-corrected chi connectivity index (χ0v) is 16.3. The van der Waals surface area contributed by atoms with Crippen molar-refractivity contribution in [1.82, 2.24) is 10.2 Å². The van der Waals surface area contributed by atoms with Crippen LogP contribution >= 0.6 is 0 Å². The molecule has 0 bridgehead atoms. The standard InChI is InChI=1S/C22H28N4O2/c1-2-25(20-11-7-4-8-12-20)17-21(27)23-19-13-15-26(16-14-19)22(28)24-18-9-5-3-6-10-18/h3-12,19H,2,13-17H2,1H3,(H,23,27)(H,24,28). The SMILES string of the molecule is CCN(CC(=O)NC1CCN(C(=O)Nc2ccccc2)CC1)c1ccccc1. The Balaban J connectivity index is 1.43. The van der Waals surface area contributed by atoms with Crippen LogP contribution in [0.15, 0.2) is 60.7 Å². The number of likely N-dealkylation sites (N-methyl/N-ethyl adjacent to an activating group) is 1. The van der Waals surface area contributed by atoms with Gasteiger partial charge in [-0.1, -0.05) is 36.4 Å². The van der Waals surface area contributed by atoms with Gasteiger partial charge in [0.1, 0.15) is 0 Å². The highest BCUT2D eigenvalue weighted by atomic mass is 16.2. The summed E-state index contributed by atoms with van der Waals surface area (Å²) in [7, 11) is 0. The topological polar surface area (TPSA) is 64.7 Å². The van der Waals surface area contributed by atoms with Gasteiger partial charge in [-0.25, -0.2) is 4.79 Å². The number of urea groups is 1. The maximum Gasteiger partial charge on any atom is 0.321 e. The molecular formula is C22H28N4O2. The fourth-order valence-electron chi connectivity index (χ4n) is 3.42. The minimum absolute atomic E-state index is 0.0258. The van der Waals surface area contributed by atoms with E-state index in [-0.39, 0.29) is 18.0 Å². The highest BCUT2D eigenvalue weighted by Crippen LogP contribution is 2.15. The molecular weight excluding hydrogens is 352 g/mol. The Morgan fingerprint density at radius 3 is 2.21 bits per heavy atom. The van der Waals surface area contributed by atoms with Crippen molar-refractivity contribution in [3.05, 3.63) is 60.7 Å². The molecule has 1 fully saturated rings. The van der Waals surface area contributed by atoms with Gasteiger partial charge in [-0.3, -0.25) is 4.79 Å². The van der Waals surface area contributed by atoms with E-state index in [0.717, 1.165) is 30.8 Å². The minimum atomic E-state index is -0.0859. The molecule has 0 aliphatic carbocycles. The second-order valence-electron chi connectivity index (χ2n) is 6.97. The van der Waals surface area contributed by atoms with Crippen molar-refractivity contribution in [1.29, 1.82) is 0 Å². The summed E-state index contributed by atoms with van der Waals surface area (Å²) in [6.07, 6.45) is 1.54. The minimum Gasteiger partial charge on any atom is -0.363 e. The molecule has 1 aliphatic heterocycles. The number of piperidine rings is 1. The van der Waals surface area contributed by atoms with E-state index in [1.807, 2.05) is 67.6 Å². The molecule has 1 aliphatic rings. The van der Waals surface area contributed by atoms with Gasteiger partial charge >= 0.3 is 6.03 Å². The van der Waals surface area contributed by atoms with Crippen LogP contribution < -0.4 is 15.5 Å². The van der Waals surface area contributed by atoms with Gasteiger partial charge in [0, 0.05) is 37.1 Å². The van der Waals surface area contributed by atoms with Crippen LogP contribution in [0.25, 0.3) is 0 Å². The predicted molar refractivity (Wildman–Crippen MR) is 113 cm³/mol. The summed E-state index contributed by atoms with van der Waals surface area (Å²) in [6, 6.07) is 19.4. The first-order valence-electron chi connectivity index (χ1n) is 9.86. The van der Waals surface area contributed by atoms with Crippen LogP contribution in [0.4, 0.5) is 16.2 Å². The van der Waals surface area contributed by atoms with Gasteiger partial charge in [0.2, 0.25) is 5.91 Å². The Hall–Kier alpha value is -3.02. The van der Waals surface area contributed by atoms with E-state index in [1.165, 1.54) is 0 Å². The molecule has 6 nitrogen and oxygen atoms in total. The largest absolute Gasteiger partial charge is 0.363 e. The first kappa shape index (κ1) is 19.7. The maximum absolute atomic E-state index is 12.5. The maximum atomic E-state index is 12.5. The van der Waals surface area contributed by atoms with Crippen molar-refractivity contribution in [2.75, 3.05) is 36.4 Å². The van der Waals surface area contributed by atoms with E-state index in [1.54, 1.807) is 4.90 Å². The lowest BCUT2D eigenvalue weighted by Gasteiger charge is -2.33. The van der Waals surface area contributed by atoms with Crippen molar-refractivity contribution in [3.63, 3.8) is 0 Å². The second kappa shape index (κ2) is 9.78. The molecule has 0 spiro atoms. The molecule has 28 heavy (non-hydrogen) atoms. The van der Waals surface area contributed by atoms with Gasteiger partial charge in [-0.15, -0.1) is 0 Å². The number of likely N-dealkylation sites (tertiary alicyclic amines) is 1. The van der Waals surface area contributed by atoms with Gasteiger partial charge < -0.3 is 20.4 Å². The number of anilines is 2. The quantitative estimate of drug-likeness (QED) is 0.808. The lowest BCUT2D eigenvalue weighted by Crippen LogP contribution is -2.49. The fraction of sp³-hybridized carbons (Fsp3) is 0.364. The van der Waals surface area contributed by atoms with Crippen molar-refractivity contribution < 1.29 is 9.59 Å². The summed E-state index contributed by atoms with van der Waals surface area (Å²) in [4.78, 5) is 28.7. The molecule has 3 rings (SSSR count).